The molecular formula is C12H19N3O3. The van der Waals surface area contributed by atoms with Crippen LogP contribution in [-0.4, -0.2) is 38.8 Å². The van der Waals surface area contributed by atoms with Gasteiger partial charge in [-0.3, -0.25) is 0 Å². The SMILES string of the molecule is CCOC(=O)c1nnn(CC(O)CC)c1C1CC1. The number of aliphatic hydroxyl groups is 1. The predicted molar refractivity (Wildman–Crippen MR) is 64.3 cm³/mol. The molecule has 6 heteroatoms. The lowest BCUT2D eigenvalue weighted by atomic mass is 10.2. The molecule has 0 aliphatic heterocycles. The van der Waals surface area contributed by atoms with Gasteiger partial charge >= 0.3 is 5.97 Å². The fourth-order valence-electron chi connectivity index (χ4n) is 1.89. The van der Waals surface area contributed by atoms with Crippen LogP contribution in [0.3, 0.4) is 0 Å². The van der Waals surface area contributed by atoms with Gasteiger partial charge in [-0.1, -0.05) is 12.1 Å². The first-order valence-electron chi connectivity index (χ1n) is 6.45. The van der Waals surface area contributed by atoms with Crippen LogP contribution in [0.2, 0.25) is 0 Å². The minimum absolute atomic E-state index is 0.308. The van der Waals surface area contributed by atoms with Gasteiger partial charge in [0.15, 0.2) is 5.69 Å². The van der Waals surface area contributed by atoms with Crippen LogP contribution in [0.4, 0.5) is 0 Å². The normalized spacial score (nSPS) is 16.6. The molecule has 1 atom stereocenters. The van der Waals surface area contributed by atoms with Gasteiger partial charge in [-0.2, -0.15) is 0 Å². The Morgan fingerprint density at radius 3 is 2.83 bits per heavy atom. The second-order valence-electron chi connectivity index (χ2n) is 4.56. The number of nitrogens with zero attached hydrogens (tertiary/aromatic N) is 3. The summed E-state index contributed by atoms with van der Waals surface area (Å²) in [6.07, 6.45) is 2.28. The maximum Gasteiger partial charge on any atom is 0.360 e. The van der Waals surface area contributed by atoms with Gasteiger partial charge in [-0.15, -0.1) is 5.10 Å². The third-order valence-corrected chi connectivity index (χ3v) is 3.06. The summed E-state index contributed by atoms with van der Waals surface area (Å²) in [7, 11) is 0. The zero-order valence-electron chi connectivity index (χ0n) is 10.8. The minimum atomic E-state index is -0.459. The van der Waals surface area contributed by atoms with Gasteiger partial charge in [0, 0.05) is 5.92 Å². The van der Waals surface area contributed by atoms with Crippen molar-refractivity contribution in [3.63, 3.8) is 0 Å². The lowest BCUT2D eigenvalue weighted by Crippen LogP contribution is -2.18. The summed E-state index contributed by atoms with van der Waals surface area (Å²) in [6.45, 7) is 4.38. The third-order valence-electron chi connectivity index (χ3n) is 3.06. The first-order chi connectivity index (χ1) is 8.67. The first kappa shape index (κ1) is 13.0. The topological polar surface area (TPSA) is 77.2 Å². The molecule has 6 nitrogen and oxygen atoms in total. The number of hydrogen-bond donors (Lipinski definition) is 1. The van der Waals surface area contributed by atoms with Crippen molar-refractivity contribution in [1.82, 2.24) is 15.0 Å². The Morgan fingerprint density at radius 1 is 1.56 bits per heavy atom. The van der Waals surface area contributed by atoms with Crippen LogP contribution in [0.15, 0.2) is 0 Å². The molecule has 2 rings (SSSR count). The Labute approximate surface area is 106 Å². The van der Waals surface area contributed by atoms with Crippen molar-refractivity contribution in [3.05, 3.63) is 11.4 Å². The molecule has 1 heterocycles. The molecule has 100 valence electrons. The van der Waals surface area contributed by atoms with Crippen LogP contribution in [0.5, 0.6) is 0 Å². The molecule has 1 fully saturated rings. The molecule has 1 N–H and O–H groups in total. The highest BCUT2D eigenvalue weighted by molar-refractivity contribution is 5.88. The smallest absolute Gasteiger partial charge is 0.360 e. The van der Waals surface area contributed by atoms with Gasteiger partial charge in [0.2, 0.25) is 0 Å². The molecule has 0 radical (unpaired) electrons. The van der Waals surface area contributed by atoms with E-state index in [0.29, 0.717) is 31.2 Å². The van der Waals surface area contributed by atoms with Crippen molar-refractivity contribution in [2.24, 2.45) is 0 Å². The fourth-order valence-corrected chi connectivity index (χ4v) is 1.89. The van der Waals surface area contributed by atoms with Crippen LogP contribution >= 0.6 is 0 Å². The van der Waals surface area contributed by atoms with Gasteiger partial charge in [0.1, 0.15) is 0 Å². The molecular weight excluding hydrogens is 234 g/mol. The van der Waals surface area contributed by atoms with Gasteiger partial charge in [-0.25, -0.2) is 9.48 Å². The van der Waals surface area contributed by atoms with Crippen LogP contribution in [-0.2, 0) is 11.3 Å². The Kier molecular flexibility index (Phi) is 3.96. The van der Waals surface area contributed by atoms with E-state index in [0.717, 1.165) is 18.5 Å². The van der Waals surface area contributed by atoms with Crippen molar-refractivity contribution < 1.29 is 14.6 Å². The largest absolute Gasteiger partial charge is 0.461 e. The molecule has 0 saturated heterocycles. The van der Waals surface area contributed by atoms with Crippen molar-refractivity contribution in [3.8, 4) is 0 Å². The number of hydrogen-bond acceptors (Lipinski definition) is 5. The molecule has 0 aromatic carbocycles. The Hall–Kier alpha value is -1.43. The van der Waals surface area contributed by atoms with Crippen LogP contribution in [0.25, 0.3) is 0 Å². The van der Waals surface area contributed by atoms with E-state index in [1.807, 2.05) is 6.92 Å². The third kappa shape index (κ3) is 2.69. The van der Waals surface area contributed by atoms with E-state index < -0.39 is 12.1 Å². The standard InChI is InChI=1S/C12H19N3O3/c1-3-9(16)7-15-11(8-5-6-8)10(13-14-15)12(17)18-4-2/h8-9,16H,3-7H2,1-2H3. The highest BCUT2D eigenvalue weighted by atomic mass is 16.5. The fraction of sp³-hybridized carbons (Fsp3) is 0.750. The molecule has 1 aliphatic rings. The van der Waals surface area contributed by atoms with Crippen LogP contribution in [0.1, 0.15) is 55.2 Å². The van der Waals surface area contributed by atoms with Gasteiger partial charge < -0.3 is 9.84 Å². The highest BCUT2D eigenvalue weighted by Crippen LogP contribution is 2.41. The van der Waals surface area contributed by atoms with E-state index in [4.69, 9.17) is 4.74 Å². The lowest BCUT2D eigenvalue weighted by Gasteiger charge is -2.10. The number of carbonyl (C=O) groups excluding carboxylic acids is 1. The summed E-state index contributed by atoms with van der Waals surface area (Å²) < 4.78 is 6.62. The first-order valence-corrected chi connectivity index (χ1v) is 6.45. The number of rotatable bonds is 6. The van der Waals surface area contributed by atoms with Crippen LogP contribution in [0, 0.1) is 0 Å². The van der Waals surface area contributed by atoms with Crippen molar-refractivity contribution in [2.45, 2.75) is 51.7 Å². The number of ether oxygens (including phenoxy) is 1. The number of esters is 1. The molecule has 1 aliphatic carbocycles. The molecule has 1 unspecified atom stereocenters. The highest BCUT2D eigenvalue weighted by Gasteiger charge is 2.34. The summed E-state index contributed by atoms with van der Waals surface area (Å²) >= 11 is 0. The second-order valence-corrected chi connectivity index (χ2v) is 4.56. The predicted octanol–water partition coefficient (Wildman–Crippen LogP) is 1.10. The molecule has 1 aromatic rings. The molecule has 0 spiro atoms. The maximum atomic E-state index is 11.8. The Morgan fingerprint density at radius 2 is 2.28 bits per heavy atom. The van der Waals surface area contributed by atoms with E-state index in [-0.39, 0.29) is 0 Å². The summed E-state index contributed by atoms with van der Waals surface area (Å²) in [5, 5.41) is 17.6. The monoisotopic (exact) mass is 253 g/mol. The summed E-state index contributed by atoms with van der Waals surface area (Å²) in [5.74, 6) is -0.0832. The zero-order chi connectivity index (χ0) is 13.1. The molecule has 1 aromatic heterocycles. The van der Waals surface area contributed by atoms with Gasteiger partial charge in [0.25, 0.3) is 0 Å². The van der Waals surface area contributed by atoms with E-state index in [2.05, 4.69) is 10.3 Å². The zero-order valence-corrected chi connectivity index (χ0v) is 10.8. The Bertz CT molecular complexity index is 426. The van der Waals surface area contributed by atoms with Crippen LogP contribution < -0.4 is 0 Å². The summed E-state index contributed by atoms with van der Waals surface area (Å²) in [4.78, 5) is 11.8. The maximum absolute atomic E-state index is 11.8. The lowest BCUT2D eigenvalue weighted by molar-refractivity contribution is 0.0517. The number of aliphatic hydroxyl groups excluding tert-OH is 1. The Balaban J connectivity index is 2.23. The number of carbonyl (C=O) groups is 1. The van der Waals surface area contributed by atoms with Gasteiger partial charge in [0.05, 0.1) is 24.9 Å². The average molecular weight is 253 g/mol. The molecule has 1 saturated carbocycles. The van der Waals surface area contributed by atoms with Crippen molar-refractivity contribution >= 4 is 5.97 Å². The molecule has 18 heavy (non-hydrogen) atoms. The number of aromatic nitrogens is 3. The second kappa shape index (κ2) is 5.48. The summed E-state index contributed by atoms with van der Waals surface area (Å²) in [5.41, 5.74) is 1.13. The van der Waals surface area contributed by atoms with Crippen molar-refractivity contribution in [2.75, 3.05) is 6.61 Å². The van der Waals surface area contributed by atoms with Crippen molar-refractivity contribution in [1.29, 1.82) is 0 Å². The van der Waals surface area contributed by atoms with Gasteiger partial charge in [-0.05, 0) is 26.2 Å². The van der Waals surface area contributed by atoms with E-state index in [9.17, 15) is 9.90 Å². The average Bonchev–Trinajstić information content (AvgIpc) is 3.11. The molecule has 0 bridgehead atoms. The summed E-state index contributed by atoms with van der Waals surface area (Å²) in [6, 6.07) is 0. The van der Waals surface area contributed by atoms with E-state index >= 15 is 0 Å². The van der Waals surface area contributed by atoms with E-state index in [1.165, 1.54) is 0 Å². The quantitative estimate of drug-likeness (QED) is 0.768. The van der Waals surface area contributed by atoms with E-state index in [1.54, 1.807) is 11.6 Å². The minimum Gasteiger partial charge on any atom is -0.461 e. The molecule has 0 amide bonds.